The van der Waals surface area contributed by atoms with E-state index in [4.69, 9.17) is 26.5 Å². The standard InChI is InChI=1S/C33H25N5O4S2/c1-20-29(32(40)38(35(20)2)24-14-8-5-9-15-24)37-31(39)27(44-33(37)43)18-22-19-36(23-12-6-4-7-13-23)34-28(22)26-17-21-11-10-16-25(41-3)30(21)42-26/h4-19H,1-3H3/b27-18-. The normalized spacial score (nSPS) is 14.3. The van der Waals surface area contributed by atoms with Gasteiger partial charge in [0.15, 0.2) is 21.4 Å². The number of para-hydroxylation sites is 3. The molecule has 6 aromatic rings. The molecule has 1 amide bonds. The van der Waals surface area contributed by atoms with Crippen molar-refractivity contribution in [3.05, 3.63) is 118 Å². The molecule has 1 saturated heterocycles. The average molecular weight is 620 g/mol. The minimum absolute atomic E-state index is 0.229. The van der Waals surface area contributed by atoms with Gasteiger partial charge in [-0.15, -0.1) is 0 Å². The first kappa shape index (κ1) is 27.7. The highest BCUT2D eigenvalue weighted by atomic mass is 32.2. The average Bonchev–Trinajstić information content (AvgIpc) is 3.78. The number of benzene rings is 3. The number of aromatic nitrogens is 4. The first-order chi connectivity index (χ1) is 21.4. The molecule has 1 aliphatic heterocycles. The Kier molecular flexibility index (Phi) is 6.83. The minimum Gasteiger partial charge on any atom is -0.493 e. The lowest BCUT2D eigenvalue weighted by molar-refractivity contribution is -0.113. The molecule has 1 aliphatic rings. The van der Waals surface area contributed by atoms with Crippen molar-refractivity contribution in [2.45, 2.75) is 6.92 Å². The number of methoxy groups -OCH3 is 1. The maximum absolute atomic E-state index is 14.0. The molecule has 218 valence electrons. The number of amides is 1. The maximum Gasteiger partial charge on any atom is 0.296 e. The molecule has 0 saturated carbocycles. The molecule has 4 heterocycles. The Labute approximate surface area is 261 Å². The lowest BCUT2D eigenvalue weighted by Crippen LogP contribution is -2.33. The van der Waals surface area contributed by atoms with Gasteiger partial charge in [0.1, 0.15) is 11.4 Å². The predicted octanol–water partition coefficient (Wildman–Crippen LogP) is 6.50. The highest BCUT2D eigenvalue weighted by Crippen LogP contribution is 2.39. The number of fused-ring (bicyclic) bond motifs is 1. The van der Waals surface area contributed by atoms with E-state index < -0.39 is 0 Å². The van der Waals surface area contributed by atoms with Crippen molar-refractivity contribution in [3.8, 4) is 28.6 Å². The fourth-order valence-corrected chi connectivity index (χ4v) is 6.59. The van der Waals surface area contributed by atoms with Crippen molar-refractivity contribution in [3.63, 3.8) is 0 Å². The molecule has 7 rings (SSSR count). The van der Waals surface area contributed by atoms with Gasteiger partial charge < -0.3 is 9.15 Å². The molecule has 0 aliphatic carbocycles. The summed E-state index contributed by atoms with van der Waals surface area (Å²) in [4.78, 5) is 29.4. The SMILES string of the molecule is COc1cccc2cc(-c3nn(-c4ccccc4)cc3/C=C3\SC(=S)N(c4c(C)n(C)n(-c5ccccc5)c4=O)C3=O)oc12. The Hall–Kier alpha value is -5.13. The van der Waals surface area contributed by atoms with Gasteiger partial charge in [-0.25, -0.2) is 9.36 Å². The predicted molar refractivity (Wildman–Crippen MR) is 177 cm³/mol. The van der Waals surface area contributed by atoms with Crippen LogP contribution in [0.4, 0.5) is 5.69 Å². The number of nitrogens with zero attached hydrogens (tertiary/aromatic N) is 5. The molecule has 0 radical (unpaired) electrons. The molecule has 0 bridgehead atoms. The summed E-state index contributed by atoms with van der Waals surface area (Å²) in [5.41, 5.74) is 3.84. The number of carbonyl (C=O) groups excluding carboxylic acids is 1. The summed E-state index contributed by atoms with van der Waals surface area (Å²) in [6.07, 6.45) is 3.59. The van der Waals surface area contributed by atoms with Crippen LogP contribution in [0.5, 0.6) is 5.75 Å². The maximum atomic E-state index is 14.0. The molecule has 11 heteroatoms. The van der Waals surface area contributed by atoms with Gasteiger partial charge >= 0.3 is 0 Å². The van der Waals surface area contributed by atoms with Crippen LogP contribution < -0.4 is 15.2 Å². The quantitative estimate of drug-likeness (QED) is 0.155. The summed E-state index contributed by atoms with van der Waals surface area (Å²) in [7, 11) is 3.38. The van der Waals surface area contributed by atoms with E-state index in [1.807, 2.05) is 91.1 Å². The number of carbonyl (C=O) groups is 1. The molecule has 1 fully saturated rings. The Morgan fingerprint density at radius 3 is 2.36 bits per heavy atom. The van der Waals surface area contributed by atoms with Crippen molar-refractivity contribution in [1.82, 2.24) is 19.1 Å². The van der Waals surface area contributed by atoms with E-state index in [1.54, 1.807) is 36.5 Å². The van der Waals surface area contributed by atoms with E-state index in [0.29, 0.717) is 44.6 Å². The zero-order chi connectivity index (χ0) is 30.5. The zero-order valence-corrected chi connectivity index (χ0v) is 25.6. The van der Waals surface area contributed by atoms with E-state index in [-0.39, 0.29) is 21.5 Å². The third-order valence-corrected chi connectivity index (χ3v) is 8.85. The topological polar surface area (TPSA) is 87.4 Å². The number of rotatable bonds is 6. The van der Waals surface area contributed by atoms with Gasteiger partial charge in [0.2, 0.25) is 0 Å². The van der Waals surface area contributed by atoms with E-state index in [1.165, 1.54) is 9.58 Å². The summed E-state index contributed by atoms with van der Waals surface area (Å²) >= 11 is 6.82. The molecule has 9 nitrogen and oxygen atoms in total. The van der Waals surface area contributed by atoms with Crippen LogP contribution in [0.1, 0.15) is 11.3 Å². The van der Waals surface area contributed by atoms with E-state index in [9.17, 15) is 9.59 Å². The number of anilines is 1. The monoisotopic (exact) mass is 619 g/mol. The van der Waals surface area contributed by atoms with Gasteiger partial charge in [-0.2, -0.15) is 5.10 Å². The van der Waals surface area contributed by atoms with Crippen LogP contribution in [-0.4, -0.2) is 36.5 Å². The molecular weight excluding hydrogens is 595 g/mol. The van der Waals surface area contributed by atoms with Crippen LogP contribution in [0.15, 0.2) is 105 Å². The van der Waals surface area contributed by atoms with Crippen LogP contribution >= 0.6 is 24.0 Å². The zero-order valence-electron chi connectivity index (χ0n) is 23.9. The molecule has 3 aromatic carbocycles. The molecule has 44 heavy (non-hydrogen) atoms. The molecule has 0 N–H and O–H groups in total. The third-order valence-electron chi connectivity index (χ3n) is 7.55. The molecular formula is C33H25N5O4S2. The fourth-order valence-electron chi connectivity index (χ4n) is 5.32. The second kappa shape index (κ2) is 10.9. The van der Waals surface area contributed by atoms with Gasteiger partial charge in [0, 0.05) is 24.2 Å². The Morgan fingerprint density at radius 1 is 0.955 bits per heavy atom. The number of ether oxygens (including phenoxy) is 1. The van der Waals surface area contributed by atoms with Crippen LogP contribution in [0.25, 0.3) is 39.9 Å². The largest absolute Gasteiger partial charge is 0.493 e. The number of hydrogen-bond donors (Lipinski definition) is 0. The van der Waals surface area contributed by atoms with Crippen molar-refractivity contribution >= 4 is 56.9 Å². The van der Waals surface area contributed by atoms with Crippen LogP contribution in [-0.2, 0) is 11.8 Å². The molecule has 0 spiro atoms. The minimum atomic E-state index is -0.379. The molecule has 0 atom stereocenters. The first-order valence-electron chi connectivity index (χ1n) is 13.7. The highest BCUT2D eigenvalue weighted by molar-refractivity contribution is 8.27. The van der Waals surface area contributed by atoms with E-state index in [2.05, 4.69) is 0 Å². The van der Waals surface area contributed by atoms with Crippen LogP contribution in [0, 0.1) is 6.92 Å². The lowest BCUT2D eigenvalue weighted by Gasteiger charge is -2.12. The van der Waals surface area contributed by atoms with Gasteiger partial charge in [0.05, 0.1) is 29.1 Å². The van der Waals surface area contributed by atoms with Crippen molar-refractivity contribution < 1.29 is 13.9 Å². The number of furan rings is 1. The summed E-state index contributed by atoms with van der Waals surface area (Å²) in [6.45, 7) is 1.80. The highest BCUT2D eigenvalue weighted by Gasteiger charge is 2.38. The van der Waals surface area contributed by atoms with Crippen molar-refractivity contribution in [2.75, 3.05) is 12.0 Å². The Bertz CT molecular complexity index is 2170. The van der Waals surface area contributed by atoms with Crippen LogP contribution in [0.3, 0.4) is 0 Å². The number of hydrogen-bond acceptors (Lipinski definition) is 7. The molecule has 3 aromatic heterocycles. The van der Waals surface area contributed by atoms with Gasteiger partial charge in [0.25, 0.3) is 11.5 Å². The third kappa shape index (κ3) is 4.48. The fraction of sp³-hybridized carbons (Fsp3) is 0.0909. The van der Waals surface area contributed by atoms with Crippen LogP contribution in [0.2, 0.25) is 0 Å². The summed E-state index contributed by atoms with van der Waals surface area (Å²) in [6, 6.07) is 26.5. The van der Waals surface area contributed by atoms with E-state index >= 15 is 0 Å². The summed E-state index contributed by atoms with van der Waals surface area (Å²) in [5, 5.41) is 5.72. The second-order valence-electron chi connectivity index (χ2n) is 10.1. The Balaban J connectivity index is 1.33. The smallest absolute Gasteiger partial charge is 0.296 e. The van der Waals surface area contributed by atoms with Gasteiger partial charge in [-0.1, -0.05) is 72.5 Å². The molecule has 0 unspecified atom stereocenters. The number of thioether (sulfide) groups is 1. The van der Waals surface area contributed by atoms with Gasteiger partial charge in [-0.05, 0) is 49.4 Å². The number of thiocarbonyl (C=S) groups is 1. The first-order valence-corrected chi connectivity index (χ1v) is 14.9. The van der Waals surface area contributed by atoms with E-state index in [0.717, 1.165) is 22.8 Å². The summed E-state index contributed by atoms with van der Waals surface area (Å²) < 4.78 is 17.0. The van der Waals surface area contributed by atoms with Gasteiger partial charge in [-0.3, -0.25) is 19.2 Å². The van der Waals surface area contributed by atoms with Crippen molar-refractivity contribution in [2.24, 2.45) is 7.05 Å². The second-order valence-corrected chi connectivity index (χ2v) is 11.8. The summed E-state index contributed by atoms with van der Waals surface area (Å²) in [5.74, 6) is 0.749. The van der Waals surface area contributed by atoms with Crippen molar-refractivity contribution in [1.29, 1.82) is 0 Å². The Morgan fingerprint density at radius 2 is 1.66 bits per heavy atom. The lowest BCUT2D eigenvalue weighted by atomic mass is 10.1.